The van der Waals surface area contributed by atoms with Crippen molar-refractivity contribution in [2.75, 3.05) is 31.8 Å². The fourth-order valence-electron chi connectivity index (χ4n) is 2.34. The Morgan fingerprint density at radius 2 is 1.80 bits per heavy atom. The van der Waals surface area contributed by atoms with Gasteiger partial charge >= 0.3 is 0 Å². The van der Waals surface area contributed by atoms with Gasteiger partial charge in [-0.05, 0) is 37.5 Å². The van der Waals surface area contributed by atoms with E-state index in [1.54, 1.807) is 25.1 Å². The summed E-state index contributed by atoms with van der Waals surface area (Å²) in [5.41, 5.74) is 8.37. The summed E-state index contributed by atoms with van der Waals surface area (Å²) in [6.07, 6.45) is 1.11. The highest BCUT2D eigenvalue weighted by Gasteiger charge is 2.16. The molecule has 0 aromatic heterocycles. The Balaban J connectivity index is 2.95. The van der Waals surface area contributed by atoms with E-state index in [9.17, 15) is 4.79 Å². The molecular weight excluding hydrogens is 250 g/mol. The molecule has 0 saturated heterocycles. The zero-order chi connectivity index (χ0) is 15.4. The van der Waals surface area contributed by atoms with Crippen LogP contribution in [-0.2, 0) is 0 Å². The molecule has 0 heterocycles. The third-order valence-electron chi connectivity index (χ3n) is 3.53. The molecule has 1 rings (SSSR count). The second-order valence-electron chi connectivity index (χ2n) is 6.06. The summed E-state index contributed by atoms with van der Waals surface area (Å²) in [4.78, 5) is 15.6. The van der Waals surface area contributed by atoms with Gasteiger partial charge in [0.05, 0.1) is 11.4 Å². The summed E-state index contributed by atoms with van der Waals surface area (Å²) >= 11 is 0. The molecule has 4 heteroatoms. The van der Waals surface area contributed by atoms with E-state index < -0.39 is 0 Å². The van der Waals surface area contributed by atoms with Crippen LogP contribution >= 0.6 is 0 Å². The number of nitrogen functional groups attached to an aromatic ring is 1. The van der Waals surface area contributed by atoms with Crippen LogP contribution in [0.15, 0.2) is 18.2 Å². The van der Waals surface area contributed by atoms with Crippen LogP contribution in [0.2, 0.25) is 0 Å². The van der Waals surface area contributed by atoms with Gasteiger partial charge in [-0.3, -0.25) is 4.79 Å². The molecule has 4 nitrogen and oxygen atoms in total. The first-order valence-corrected chi connectivity index (χ1v) is 7.08. The van der Waals surface area contributed by atoms with Crippen molar-refractivity contribution in [3.05, 3.63) is 23.8 Å². The zero-order valence-corrected chi connectivity index (χ0v) is 13.5. The lowest BCUT2D eigenvalue weighted by molar-refractivity contribution is 0.0827. The average molecular weight is 277 g/mol. The lowest BCUT2D eigenvalue weighted by Gasteiger charge is -2.29. The molecule has 20 heavy (non-hydrogen) atoms. The van der Waals surface area contributed by atoms with Crippen LogP contribution < -0.4 is 10.6 Å². The van der Waals surface area contributed by atoms with E-state index in [1.807, 2.05) is 19.2 Å². The van der Waals surface area contributed by atoms with Gasteiger partial charge in [0.15, 0.2) is 0 Å². The monoisotopic (exact) mass is 277 g/mol. The number of carbonyl (C=O) groups is 1. The second kappa shape index (κ2) is 6.64. The molecule has 1 unspecified atom stereocenters. The fourth-order valence-corrected chi connectivity index (χ4v) is 2.34. The second-order valence-corrected chi connectivity index (χ2v) is 6.06. The minimum Gasteiger partial charge on any atom is -0.397 e. The highest BCUT2D eigenvalue weighted by atomic mass is 16.2. The molecule has 1 aromatic carbocycles. The summed E-state index contributed by atoms with van der Waals surface area (Å²) in [5, 5.41) is 0. The van der Waals surface area contributed by atoms with E-state index >= 15 is 0 Å². The molecule has 0 bridgehead atoms. The molecule has 2 N–H and O–H groups in total. The number of anilines is 2. The topological polar surface area (TPSA) is 49.6 Å². The maximum absolute atomic E-state index is 11.9. The largest absolute Gasteiger partial charge is 0.397 e. The molecule has 1 atom stereocenters. The van der Waals surface area contributed by atoms with Crippen molar-refractivity contribution in [2.45, 2.75) is 33.2 Å². The van der Waals surface area contributed by atoms with Crippen LogP contribution in [0.5, 0.6) is 0 Å². The summed E-state index contributed by atoms with van der Waals surface area (Å²) < 4.78 is 0. The van der Waals surface area contributed by atoms with Crippen LogP contribution in [0, 0.1) is 5.92 Å². The molecule has 1 amide bonds. The Morgan fingerprint density at radius 1 is 1.20 bits per heavy atom. The van der Waals surface area contributed by atoms with E-state index in [-0.39, 0.29) is 5.91 Å². The first-order chi connectivity index (χ1) is 9.23. The fraction of sp³-hybridized carbons (Fsp3) is 0.562. The van der Waals surface area contributed by atoms with E-state index in [0.717, 1.165) is 12.1 Å². The lowest BCUT2D eigenvalue weighted by Crippen LogP contribution is -2.31. The number of hydrogen-bond acceptors (Lipinski definition) is 3. The Kier molecular flexibility index (Phi) is 5.43. The van der Waals surface area contributed by atoms with E-state index in [2.05, 4.69) is 25.7 Å². The van der Waals surface area contributed by atoms with Gasteiger partial charge in [0.1, 0.15) is 0 Å². The van der Waals surface area contributed by atoms with Gasteiger partial charge in [-0.1, -0.05) is 13.8 Å². The van der Waals surface area contributed by atoms with E-state index in [4.69, 9.17) is 5.73 Å². The van der Waals surface area contributed by atoms with Crippen LogP contribution in [0.3, 0.4) is 0 Å². The highest BCUT2D eigenvalue weighted by molar-refractivity contribution is 5.95. The number of nitrogens with two attached hydrogens (primary N) is 1. The standard InChI is InChI=1S/C16H27N3O/c1-11(2)9-12(3)19(6)15-8-7-13(10-14(15)17)16(20)18(4)5/h7-8,10-12H,9,17H2,1-6H3. The molecule has 0 spiro atoms. The summed E-state index contributed by atoms with van der Waals surface area (Å²) in [6, 6.07) is 5.94. The molecule has 0 fully saturated rings. The quantitative estimate of drug-likeness (QED) is 0.842. The predicted molar refractivity (Wildman–Crippen MR) is 86.2 cm³/mol. The Morgan fingerprint density at radius 3 is 2.25 bits per heavy atom. The average Bonchev–Trinajstić information content (AvgIpc) is 2.35. The summed E-state index contributed by atoms with van der Waals surface area (Å²) in [7, 11) is 5.53. The Bertz CT molecular complexity index is 469. The molecule has 112 valence electrons. The Hall–Kier alpha value is -1.71. The minimum atomic E-state index is -0.0267. The van der Waals surface area contributed by atoms with Crippen molar-refractivity contribution in [1.82, 2.24) is 4.90 Å². The number of amides is 1. The number of rotatable bonds is 5. The van der Waals surface area contributed by atoms with Gasteiger partial charge in [0.25, 0.3) is 5.91 Å². The first-order valence-electron chi connectivity index (χ1n) is 7.08. The number of hydrogen-bond donors (Lipinski definition) is 1. The van der Waals surface area contributed by atoms with Crippen molar-refractivity contribution in [2.24, 2.45) is 5.92 Å². The molecule has 0 aliphatic heterocycles. The van der Waals surface area contributed by atoms with Crippen LogP contribution in [0.1, 0.15) is 37.6 Å². The third-order valence-corrected chi connectivity index (χ3v) is 3.53. The SMILES string of the molecule is CC(C)CC(C)N(C)c1ccc(C(=O)N(C)C)cc1N. The predicted octanol–water partition coefficient (Wildman–Crippen LogP) is 2.84. The number of carbonyl (C=O) groups excluding carboxylic acids is 1. The Labute approximate surface area is 122 Å². The molecule has 1 aromatic rings. The molecule has 0 radical (unpaired) electrons. The van der Waals surface area contributed by atoms with Gasteiger partial charge in [-0.2, -0.15) is 0 Å². The maximum atomic E-state index is 11.9. The lowest BCUT2D eigenvalue weighted by atomic mass is 10.0. The normalized spacial score (nSPS) is 12.3. The molecule has 0 saturated carbocycles. The molecular formula is C16H27N3O. The zero-order valence-electron chi connectivity index (χ0n) is 13.5. The number of nitrogens with zero attached hydrogens (tertiary/aromatic N) is 2. The van der Waals surface area contributed by atoms with Gasteiger partial charge in [0, 0.05) is 32.7 Å². The van der Waals surface area contributed by atoms with Crippen molar-refractivity contribution in [3.8, 4) is 0 Å². The van der Waals surface area contributed by atoms with Gasteiger partial charge in [-0.25, -0.2) is 0 Å². The number of benzene rings is 1. The first kappa shape index (κ1) is 16.3. The van der Waals surface area contributed by atoms with Gasteiger partial charge in [0.2, 0.25) is 0 Å². The van der Waals surface area contributed by atoms with E-state index in [0.29, 0.717) is 23.2 Å². The van der Waals surface area contributed by atoms with Gasteiger partial charge in [-0.15, -0.1) is 0 Å². The van der Waals surface area contributed by atoms with Crippen molar-refractivity contribution in [3.63, 3.8) is 0 Å². The molecule has 0 aliphatic carbocycles. The van der Waals surface area contributed by atoms with Crippen molar-refractivity contribution in [1.29, 1.82) is 0 Å². The summed E-state index contributed by atoms with van der Waals surface area (Å²) in [6.45, 7) is 6.62. The molecule has 0 aliphatic rings. The smallest absolute Gasteiger partial charge is 0.253 e. The maximum Gasteiger partial charge on any atom is 0.253 e. The minimum absolute atomic E-state index is 0.0267. The van der Waals surface area contributed by atoms with Crippen LogP contribution in [-0.4, -0.2) is 38.0 Å². The summed E-state index contributed by atoms with van der Waals surface area (Å²) in [5.74, 6) is 0.615. The van der Waals surface area contributed by atoms with E-state index in [1.165, 1.54) is 0 Å². The third kappa shape index (κ3) is 3.89. The van der Waals surface area contributed by atoms with Gasteiger partial charge < -0.3 is 15.5 Å². The van der Waals surface area contributed by atoms with Crippen LogP contribution in [0.25, 0.3) is 0 Å². The van der Waals surface area contributed by atoms with Crippen molar-refractivity contribution >= 4 is 17.3 Å². The van der Waals surface area contributed by atoms with Crippen molar-refractivity contribution < 1.29 is 4.79 Å². The van der Waals surface area contributed by atoms with Crippen LogP contribution in [0.4, 0.5) is 11.4 Å². The highest BCUT2D eigenvalue weighted by Crippen LogP contribution is 2.27.